The van der Waals surface area contributed by atoms with Crippen LogP contribution >= 0.6 is 0 Å². The van der Waals surface area contributed by atoms with Gasteiger partial charge in [0.25, 0.3) is 0 Å². The number of carbonyl (C=O) groups excluding carboxylic acids is 2. The molecule has 4 aliphatic carbocycles. The molecule has 138 valence electrons. The Kier molecular flexibility index (Phi) is 3.33. The monoisotopic (exact) mass is 344 g/mol. The number of fused-ring (bicyclic) bond motifs is 6. The average Bonchev–Trinajstić information content (AvgIpc) is 3.10. The van der Waals surface area contributed by atoms with Gasteiger partial charge in [0.2, 0.25) is 0 Å². The van der Waals surface area contributed by atoms with Crippen molar-refractivity contribution in [1.29, 1.82) is 0 Å². The van der Waals surface area contributed by atoms with Crippen LogP contribution in [-0.2, 0) is 14.3 Å². The maximum atomic E-state index is 12.0. The first-order valence-corrected chi connectivity index (χ1v) is 10.6. The summed E-state index contributed by atoms with van der Waals surface area (Å²) in [6.45, 7) is 4.95. The minimum atomic E-state index is -0.153. The van der Waals surface area contributed by atoms with Crippen molar-refractivity contribution >= 4 is 11.8 Å². The van der Waals surface area contributed by atoms with Gasteiger partial charge in [-0.05, 0) is 80.5 Å². The van der Waals surface area contributed by atoms with Crippen molar-refractivity contribution in [3.63, 3.8) is 0 Å². The second-order valence-corrected chi connectivity index (χ2v) is 10.4. The number of ketones is 1. The molecule has 1 saturated heterocycles. The predicted octanol–water partition coefficient (Wildman–Crippen LogP) is 4.67. The fraction of sp³-hybridized carbons (Fsp3) is 0.909. The summed E-state index contributed by atoms with van der Waals surface area (Å²) in [5.74, 6) is 3.44. The standard InChI is InChI=1S/C22H32O3/c1-20-9-5-15(23)13-14(20)3-4-16-17(20)6-10-21(2)18(16)7-11-22(21)12-8-19(24)25-22/h14,16-18H,3-13H2,1-2H3/t14?,16?,17?,18?,20-,21-,22+/m0/s1. The van der Waals surface area contributed by atoms with Crippen molar-refractivity contribution in [3.05, 3.63) is 0 Å². The highest BCUT2D eigenvalue weighted by Gasteiger charge is 2.67. The Morgan fingerprint density at radius 3 is 2.44 bits per heavy atom. The van der Waals surface area contributed by atoms with Crippen LogP contribution in [0.25, 0.3) is 0 Å². The number of carbonyl (C=O) groups is 2. The fourth-order valence-electron chi connectivity index (χ4n) is 8.34. The summed E-state index contributed by atoms with van der Waals surface area (Å²) >= 11 is 0. The summed E-state index contributed by atoms with van der Waals surface area (Å²) in [5, 5.41) is 0. The molecule has 4 unspecified atom stereocenters. The summed E-state index contributed by atoms with van der Waals surface area (Å²) in [7, 11) is 0. The van der Waals surface area contributed by atoms with E-state index >= 15 is 0 Å². The van der Waals surface area contributed by atoms with Crippen LogP contribution in [0.15, 0.2) is 0 Å². The highest BCUT2D eigenvalue weighted by molar-refractivity contribution is 5.79. The molecule has 1 heterocycles. The summed E-state index contributed by atoms with van der Waals surface area (Å²) in [6, 6.07) is 0. The lowest BCUT2D eigenvalue weighted by Crippen LogP contribution is -2.56. The molecule has 0 aromatic heterocycles. The molecule has 0 N–H and O–H groups in total. The zero-order chi connectivity index (χ0) is 17.4. The van der Waals surface area contributed by atoms with Crippen molar-refractivity contribution in [2.45, 2.75) is 90.1 Å². The Balaban J connectivity index is 1.46. The van der Waals surface area contributed by atoms with Crippen LogP contribution in [0.2, 0.25) is 0 Å². The first kappa shape index (κ1) is 16.3. The third kappa shape index (κ3) is 1.99. The molecular weight excluding hydrogens is 312 g/mol. The van der Waals surface area contributed by atoms with E-state index in [4.69, 9.17) is 4.74 Å². The molecule has 0 aromatic carbocycles. The molecule has 3 nitrogen and oxygen atoms in total. The Morgan fingerprint density at radius 1 is 0.880 bits per heavy atom. The van der Waals surface area contributed by atoms with Gasteiger partial charge in [0.1, 0.15) is 11.4 Å². The van der Waals surface area contributed by atoms with Crippen LogP contribution < -0.4 is 0 Å². The summed E-state index contributed by atoms with van der Waals surface area (Å²) in [6.07, 6.45) is 11.7. The summed E-state index contributed by atoms with van der Waals surface area (Å²) < 4.78 is 6.02. The molecule has 0 radical (unpaired) electrons. The lowest BCUT2D eigenvalue weighted by Gasteiger charge is -2.61. The molecule has 0 amide bonds. The largest absolute Gasteiger partial charge is 0.458 e. The molecule has 7 atom stereocenters. The zero-order valence-electron chi connectivity index (χ0n) is 15.8. The molecule has 3 heteroatoms. The second-order valence-electron chi connectivity index (χ2n) is 10.4. The van der Waals surface area contributed by atoms with Crippen LogP contribution in [0.3, 0.4) is 0 Å². The zero-order valence-corrected chi connectivity index (χ0v) is 15.8. The first-order chi connectivity index (χ1) is 11.9. The minimum absolute atomic E-state index is 0.0328. The van der Waals surface area contributed by atoms with Gasteiger partial charge in [0.05, 0.1) is 0 Å². The Morgan fingerprint density at radius 2 is 1.68 bits per heavy atom. The van der Waals surface area contributed by atoms with E-state index in [1.807, 2.05) is 0 Å². The number of hydrogen-bond donors (Lipinski definition) is 0. The van der Waals surface area contributed by atoms with E-state index in [0.29, 0.717) is 29.5 Å². The first-order valence-electron chi connectivity index (χ1n) is 10.6. The molecule has 1 spiro atoms. The van der Waals surface area contributed by atoms with E-state index in [0.717, 1.165) is 43.9 Å². The maximum absolute atomic E-state index is 12.0. The van der Waals surface area contributed by atoms with Crippen molar-refractivity contribution in [2.24, 2.45) is 34.5 Å². The third-order valence-electron chi connectivity index (χ3n) is 9.81. The number of Topliss-reactive ketones (excluding diaryl/α,β-unsaturated/α-hetero) is 1. The maximum Gasteiger partial charge on any atom is 0.306 e. The van der Waals surface area contributed by atoms with Crippen LogP contribution in [0.5, 0.6) is 0 Å². The fourth-order valence-corrected chi connectivity index (χ4v) is 8.34. The van der Waals surface area contributed by atoms with Crippen molar-refractivity contribution in [2.75, 3.05) is 0 Å². The van der Waals surface area contributed by atoms with E-state index in [1.165, 1.54) is 32.1 Å². The highest BCUT2D eigenvalue weighted by atomic mass is 16.6. The summed E-state index contributed by atoms with van der Waals surface area (Å²) in [5.41, 5.74) is 0.411. The molecule has 25 heavy (non-hydrogen) atoms. The Hall–Kier alpha value is -0.860. The third-order valence-corrected chi connectivity index (χ3v) is 9.81. The van der Waals surface area contributed by atoms with Gasteiger partial charge in [0.15, 0.2) is 0 Å². The number of hydrogen-bond acceptors (Lipinski definition) is 3. The Bertz CT molecular complexity index is 627. The van der Waals surface area contributed by atoms with Crippen molar-refractivity contribution in [1.82, 2.24) is 0 Å². The number of ether oxygens (including phenoxy) is 1. The normalized spacial score (nSPS) is 54.8. The van der Waals surface area contributed by atoms with E-state index in [1.54, 1.807) is 0 Å². The van der Waals surface area contributed by atoms with Crippen LogP contribution in [-0.4, -0.2) is 17.4 Å². The predicted molar refractivity (Wildman–Crippen MR) is 94.8 cm³/mol. The molecule has 0 bridgehead atoms. The van der Waals surface area contributed by atoms with E-state index in [-0.39, 0.29) is 17.0 Å². The number of rotatable bonds is 0. The van der Waals surface area contributed by atoms with Gasteiger partial charge in [-0.25, -0.2) is 0 Å². The Labute approximate surface area is 151 Å². The van der Waals surface area contributed by atoms with Crippen LogP contribution in [0.4, 0.5) is 0 Å². The number of esters is 1. The SMILES string of the molecule is C[C@]12CCC(=O)CC1CCC1C2CC[C@@]2(C)C1CC[C@@]21CCC(=O)O1. The lowest BCUT2D eigenvalue weighted by molar-refractivity contribution is -0.174. The molecular formula is C22H32O3. The van der Waals surface area contributed by atoms with Crippen molar-refractivity contribution < 1.29 is 14.3 Å². The summed E-state index contributed by atoms with van der Waals surface area (Å²) in [4.78, 5) is 23.9. The van der Waals surface area contributed by atoms with E-state index in [2.05, 4.69) is 13.8 Å². The van der Waals surface area contributed by atoms with Crippen LogP contribution in [0.1, 0.15) is 84.5 Å². The quantitative estimate of drug-likeness (QED) is 0.600. The second kappa shape index (κ2) is 5.10. The van der Waals surface area contributed by atoms with Gasteiger partial charge in [-0.3, -0.25) is 9.59 Å². The molecule has 1 aliphatic heterocycles. The van der Waals surface area contributed by atoms with Gasteiger partial charge in [-0.1, -0.05) is 13.8 Å². The van der Waals surface area contributed by atoms with Crippen LogP contribution in [0, 0.1) is 34.5 Å². The molecule has 0 aromatic rings. The van der Waals surface area contributed by atoms with Gasteiger partial charge in [-0.15, -0.1) is 0 Å². The van der Waals surface area contributed by atoms with E-state index in [9.17, 15) is 9.59 Å². The average molecular weight is 344 g/mol. The van der Waals surface area contributed by atoms with E-state index < -0.39 is 0 Å². The van der Waals surface area contributed by atoms with Crippen molar-refractivity contribution in [3.8, 4) is 0 Å². The van der Waals surface area contributed by atoms with Gasteiger partial charge in [0, 0.05) is 24.7 Å². The smallest absolute Gasteiger partial charge is 0.306 e. The van der Waals surface area contributed by atoms with Gasteiger partial charge in [-0.2, -0.15) is 0 Å². The molecule has 5 aliphatic rings. The molecule has 5 fully saturated rings. The molecule has 5 rings (SSSR count). The van der Waals surface area contributed by atoms with Gasteiger partial charge < -0.3 is 4.74 Å². The molecule has 4 saturated carbocycles. The highest BCUT2D eigenvalue weighted by Crippen LogP contribution is 2.70. The lowest BCUT2D eigenvalue weighted by atomic mass is 9.44. The minimum Gasteiger partial charge on any atom is -0.458 e. The topological polar surface area (TPSA) is 43.4 Å². The van der Waals surface area contributed by atoms with Gasteiger partial charge >= 0.3 is 5.97 Å².